The van der Waals surface area contributed by atoms with Crippen LogP contribution in [0.1, 0.15) is 17.7 Å². The summed E-state index contributed by atoms with van der Waals surface area (Å²) in [6, 6.07) is 13.1. The minimum Gasteiger partial charge on any atom is -0.497 e. The minimum atomic E-state index is -0.801. The van der Waals surface area contributed by atoms with Crippen molar-refractivity contribution in [2.75, 3.05) is 76.9 Å². The van der Waals surface area contributed by atoms with Gasteiger partial charge >= 0.3 is 6.01 Å². The number of ether oxygens (including phenoxy) is 2. The Morgan fingerprint density at radius 2 is 1.82 bits per heavy atom. The van der Waals surface area contributed by atoms with E-state index in [1.165, 1.54) is 10.9 Å². The zero-order valence-corrected chi connectivity index (χ0v) is 22.6. The first kappa shape index (κ1) is 25.1. The largest absolute Gasteiger partial charge is 0.497 e. The fourth-order valence-electron chi connectivity index (χ4n) is 5.96. The van der Waals surface area contributed by atoms with E-state index in [2.05, 4.69) is 58.1 Å². The highest BCUT2D eigenvalue weighted by molar-refractivity contribution is 5.95. The highest BCUT2D eigenvalue weighted by Crippen LogP contribution is 2.36. The van der Waals surface area contributed by atoms with E-state index >= 15 is 0 Å². The second-order valence-corrected chi connectivity index (χ2v) is 10.8. The van der Waals surface area contributed by atoms with Crippen molar-refractivity contribution in [3.05, 3.63) is 47.7 Å². The third-order valence-electron chi connectivity index (χ3n) is 8.26. The summed E-state index contributed by atoms with van der Waals surface area (Å²) in [4.78, 5) is 19.0. The number of likely N-dealkylation sites (N-methyl/N-ethyl adjacent to an activating group) is 2. The lowest BCUT2D eigenvalue weighted by Gasteiger charge is -2.37. The lowest BCUT2D eigenvalue weighted by Crippen LogP contribution is -2.46. The monoisotopic (exact) mass is 520 g/mol. The number of halogens is 1. The van der Waals surface area contributed by atoms with E-state index in [-0.39, 0.29) is 6.04 Å². The average molecular weight is 521 g/mol. The fraction of sp³-hybridized carbons (Fsp3) is 0.517. The molecule has 0 bridgehead atoms. The highest BCUT2D eigenvalue weighted by atomic mass is 19.1. The molecule has 8 nitrogen and oxygen atoms in total. The SMILES string of the molecule is COc1cc(N2CCc3c(nc(OC[C@@H]4C[C@@H](F)CN4C)nc3N3CCN(C)CC3)C2)c2ccccc2c1. The van der Waals surface area contributed by atoms with Crippen LogP contribution in [0.15, 0.2) is 36.4 Å². The van der Waals surface area contributed by atoms with Gasteiger partial charge in [-0.25, -0.2) is 4.39 Å². The van der Waals surface area contributed by atoms with Gasteiger partial charge in [-0.05, 0) is 38.4 Å². The lowest BCUT2D eigenvalue weighted by molar-refractivity contribution is 0.187. The molecule has 1 aromatic heterocycles. The van der Waals surface area contributed by atoms with Gasteiger partial charge in [0.25, 0.3) is 0 Å². The lowest BCUT2D eigenvalue weighted by atomic mass is 10.0. The first-order chi connectivity index (χ1) is 18.5. The zero-order chi connectivity index (χ0) is 26.2. The number of anilines is 2. The molecule has 3 aromatic rings. The number of likely N-dealkylation sites (tertiary alicyclic amines) is 1. The molecule has 2 atom stereocenters. The van der Waals surface area contributed by atoms with Crippen LogP contribution in [0.5, 0.6) is 11.8 Å². The summed E-state index contributed by atoms with van der Waals surface area (Å²) in [6.45, 7) is 6.25. The van der Waals surface area contributed by atoms with Gasteiger partial charge in [-0.2, -0.15) is 9.97 Å². The number of fused-ring (bicyclic) bond motifs is 2. The van der Waals surface area contributed by atoms with Crippen LogP contribution < -0.4 is 19.3 Å². The van der Waals surface area contributed by atoms with Crippen LogP contribution >= 0.6 is 0 Å². The number of aromatic nitrogens is 2. The third-order valence-corrected chi connectivity index (χ3v) is 8.26. The summed E-state index contributed by atoms with van der Waals surface area (Å²) in [5.41, 5.74) is 3.37. The van der Waals surface area contributed by atoms with E-state index in [9.17, 15) is 4.39 Å². The number of methoxy groups -OCH3 is 1. The Morgan fingerprint density at radius 3 is 2.58 bits per heavy atom. The molecule has 2 aromatic carbocycles. The second kappa shape index (κ2) is 10.5. The number of piperazine rings is 1. The van der Waals surface area contributed by atoms with Crippen molar-refractivity contribution in [3.63, 3.8) is 0 Å². The maximum Gasteiger partial charge on any atom is 0.318 e. The number of hydrogen-bond acceptors (Lipinski definition) is 8. The molecule has 3 aliphatic heterocycles. The number of hydrogen-bond donors (Lipinski definition) is 0. The summed E-state index contributed by atoms with van der Waals surface area (Å²) < 4.78 is 25.7. The van der Waals surface area contributed by atoms with Crippen molar-refractivity contribution in [2.45, 2.75) is 31.6 Å². The summed E-state index contributed by atoms with van der Waals surface area (Å²) in [5, 5.41) is 2.36. The molecule has 2 saturated heterocycles. The number of nitrogens with zero attached hydrogens (tertiary/aromatic N) is 6. The first-order valence-corrected chi connectivity index (χ1v) is 13.6. The van der Waals surface area contributed by atoms with Crippen molar-refractivity contribution in [1.82, 2.24) is 19.8 Å². The normalized spacial score (nSPS) is 22.6. The fourth-order valence-corrected chi connectivity index (χ4v) is 5.96. The van der Waals surface area contributed by atoms with Gasteiger partial charge < -0.3 is 24.2 Å². The molecule has 38 heavy (non-hydrogen) atoms. The first-order valence-electron chi connectivity index (χ1n) is 13.6. The molecule has 0 amide bonds. The van der Waals surface area contributed by atoms with Crippen molar-refractivity contribution < 1.29 is 13.9 Å². The van der Waals surface area contributed by atoms with Crippen molar-refractivity contribution in [2.24, 2.45) is 0 Å². The number of benzene rings is 2. The molecular formula is C29H37FN6O2. The molecular weight excluding hydrogens is 483 g/mol. The Kier molecular flexibility index (Phi) is 6.97. The Labute approximate surface area is 223 Å². The van der Waals surface area contributed by atoms with Crippen LogP contribution in [0.2, 0.25) is 0 Å². The van der Waals surface area contributed by atoms with Crippen molar-refractivity contribution in [1.29, 1.82) is 0 Å². The van der Waals surface area contributed by atoms with Gasteiger partial charge in [0.2, 0.25) is 0 Å². The average Bonchev–Trinajstić information content (AvgIpc) is 3.27. The van der Waals surface area contributed by atoms with Crippen LogP contribution in [0.25, 0.3) is 10.8 Å². The van der Waals surface area contributed by atoms with Gasteiger partial charge in [0.05, 0.1) is 19.3 Å². The zero-order valence-electron chi connectivity index (χ0n) is 22.6. The highest BCUT2D eigenvalue weighted by Gasteiger charge is 2.31. The van der Waals surface area contributed by atoms with E-state index in [4.69, 9.17) is 19.4 Å². The Morgan fingerprint density at radius 1 is 1.00 bits per heavy atom. The van der Waals surface area contributed by atoms with E-state index < -0.39 is 6.17 Å². The quantitative estimate of drug-likeness (QED) is 0.491. The van der Waals surface area contributed by atoms with E-state index in [0.717, 1.165) is 67.5 Å². The summed E-state index contributed by atoms with van der Waals surface area (Å²) >= 11 is 0. The van der Waals surface area contributed by atoms with Gasteiger partial charge in [0, 0.05) is 68.0 Å². The standard InChI is InChI=1S/C29H37FN6O2/c1-33-10-12-35(13-11-33)28-25-8-9-36(27-16-23(37-3)14-20-6-4-5-7-24(20)27)18-26(25)31-29(32-28)38-19-22-15-21(30)17-34(22)2/h4-7,14,16,21-22H,8-13,15,17-19H2,1-3H3/t21-,22+/m1/s1. The molecule has 0 saturated carbocycles. The van der Waals surface area contributed by atoms with Crippen LogP contribution in [0, 0.1) is 0 Å². The molecule has 0 unspecified atom stereocenters. The molecule has 0 N–H and O–H groups in total. The smallest absolute Gasteiger partial charge is 0.318 e. The maximum absolute atomic E-state index is 13.9. The van der Waals surface area contributed by atoms with E-state index in [0.29, 0.717) is 32.1 Å². The van der Waals surface area contributed by atoms with Crippen LogP contribution in [0.3, 0.4) is 0 Å². The topological polar surface area (TPSA) is 57.2 Å². The maximum atomic E-state index is 13.9. The Balaban J connectivity index is 1.33. The summed E-state index contributed by atoms with van der Waals surface area (Å²) in [5.74, 6) is 1.84. The predicted octanol–water partition coefficient (Wildman–Crippen LogP) is 3.37. The van der Waals surface area contributed by atoms with Gasteiger partial charge in [-0.1, -0.05) is 24.3 Å². The molecule has 0 radical (unpaired) electrons. The van der Waals surface area contributed by atoms with Crippen molar-refractivity contribution >= 4 is 22.3 Å². The van der Waals surface area contributed by atoms with Crippen LogP contribution in [-0.2, 0) is 13.0 Å². The molecule has 3 aliphatic rings. The molecule has 0 spiro atoms. The van der Waals surface area contributed by atoms with Gasteiger partial charge in [-0.3, -0.25) is 4.90 Å². The molecule has 9 heteroatoms. The molecule has 2 fully saturated rings. The molecule has 202 valence electrons. The van der Waals surface area contributed by atoms with E-state index in [1.54, 1.807) is 7.11 Å². The minimum absolute atomic E-state index is 0.0383. The van der Waals surface area contributed by atoms with Gasteiger partial charge in [0.1, 0.15) is 24.3 Å². The summed E-state index contributed by atoms with van der Waals surface area (Å²) in [6.07, 6.45) is 0.548. The summed E-state index contributed by atoms with van der Waals surface area (Å²) in [7, 11) is 5.83. The Hall–Kier alpha value is -3.17. The number of rotatable bonds is 6. The molecule has 0 aliphatic carbocycles. The third kappa shape index (κ3) is 4.97. The molecule has 4 heterocycles. The van der Waals surface area contributed by atoms with Gasteiger partial charge in [0.15, 0.2) is 0 Å². The number of alkyl halides is 1. The van der Waals surface area contributed by atoms with E-state index in [1.807, 2.05) is 11.9 Å². The van der Waals surface area contributed by atoms with Crippen molar-refractivity contribution in [3.8, 4) is 11.8 Å². The molecule has 6 rings (SSSR count). The predicted molar refractivity (Wildman–Crippen MR) is 148 cm³/mol. The second-order valence-electron chi connectivity index (χ2n) is 10.8. The Bertz CT molecular complexity index is 1300. The van der Waals surface area contributed by atoms with Crippen LogP contribution in [0.4, 0.5) is 15.9 Å². The van der Waals surface area contributed by atoms with Crippen LogP contribution in [-0.4, -0.2) is 99.1 Å². The van der Waals surface area contributed by atoms with Gasteiger partial charge in [-0.15, -0.1) is 0 Å².